The summed E-state index contributed by atoms with van der Waals surface area (Å²) in [6.45, 7) is 4.24. The molecule has 1 saturated heterocycles. The zero-order valence-electron chi connectivity index (χ0n) is 8.78. The van der Waals surface area contributed by atoms with Crippen LogP contribution in [0.15, 0.2) is 0 Å². The van der Waals surface area contributed by atoms with Gasteiger partial charge >= 0.3 is 0 Å². The lowest BCUT2D eigenvalue weighted by Crippen LogP contribution is -2.47. The average Bonchev–Trinajstić information content (AvgIpc) is 2.19. The SMILES string of the molecule is CCNC1CCN(S(=O)(=O)NC)CC1. The van der Waals surface area contributed by atoms with E-state index in [4.69, 9.17) is 0 Å². The van der Waals surface area contributed by atoms with Crippen LogP contribution in [0.2, 0.25) is 0 Å². The Hall–Kier alpha value is -0.170. The van der Waals surface area contributed by atoms with Gasteiger partial charge in [-0.05, 0) is 19.4 Å². The molecule has 5 nitrogen and oxygen atoms in total. The Kier molecular flexibility index (Phi) is 4.31. The van der Waals surface area contributed by atoms with Crippen molar-refractivity contribution in [3.63, 3.8) is 0 Å². The molecule has 0 unspecified atom stereocenters. The van der Waals surface area contributed by atoms with Crippen molar-refractivity contribution in [2.24, 2.45) is 0 Å². The van der Waals surface area contributed by atoms with Gasteiger partial charge in [0.2, 0.25) is 0 Å². The molecule has 1 heterocycles. The summed E-state index contributed by atoms with van der Waals surface area (Å²) in [6.07, 6.45) is 1.80. The van der Waals surface area contributed by atoms with Crippen molar-refractivity contribution in [2.75, 3.05) is 26.7 Å². The molecule has 2 N–H and O–H groups in total. The Bertz CT molecular complexity index is 258. The fourth-order valence-corrected chi connectivity index (χ4v) is 2.67. The lowest BCUT2D eigenvalue weighted by Gasteiger charge is -2.31. The van der Waals surface area contributed by atoms with E-state index in [-0.39, 0.29) is 0 Å². The molecule has 0 saturated carbocycles. The van der Waals surface area contributed by atoms with E-state index in [1.165, 1.54) is 11.4 Å². The summed E-state index contributed by atoms with van der Waals surface area (Å²) in [7, 11) is -1.75. The third-order valence-electron chi connectivity index (χ3n) is 2.54. The van der Waals surface area contributed by atoms with Gasteiger partial charge in [0.25, 0.3) is 10.2 Å². The zero-order chi connectivity index (χ0) is 10.6. The van der Waals surface area contributed by atoms with Crippen molar-refractivity contribution in [3.05, 3.63) is 0 Å². The van der Waals surface area contributed by atoms with E-state index < -0.39 is 10.2 Å². The predicted molar refractivity (Wildman–Crippen MR) is 56.3 cm³/mol. The molecule has 0 aromatic heterocycles. The first-order valence-corrected chi connectivity index (χ1v) is 6.46. The summed E-state index contributed by atoms with van der Waals surface area (Å²) in [5, 5.41) is 3.33. The van der Waals surface area contributed by atoms with Gasteiger partial charge in [0.15, 0.2) is 0 Å². The first-order chi connectivity index (χ1) is 6.60. The second kappa shape index (κ2) is 5.06. The molecule has 0 atom stereocenters. The molecule has 0 radical (unpaired) electrons. The molecule has 6 heteroatoms. The van der Waals surface area contributed by atoms with E-state index in [0.717, 1.165) is 19.4 Å². The Morgan fingerprint density at radius 2 is 1.93 bits per heavy atom. The smallest absolute Gasteiger partial charge is 0.279 e. The summed E-state index contributed by atoms with van der Waals surface area (Å²) in [5.74, 6) is 0. The van der Waals surface area contributed by atoms with Gasteiger partial charge in [0.05, 0.1) is 0 Å². The lowest BCUT2D eigenvalue weighted by atomic mass is 10.1. The highest BCUT2D eigenvalue weighted by atomic mass is 32.2. The van der Waals surface area contributed by atoms with Gasteiger partial charge in [-0.2, -0.15) is 12.7 Å². The Morgan fingerprint density at radius 3 is 2.36 bits per heavy atom. The second-order valence-electron chi connectivity index (χ2n) is 3.44. The van der Waals surface area contributed by atoms with E-state index in [1.54, 1.807) is 0 Å². The number of hydrogen-bond donors (Lipinski definition) is 2. The molecule has 0 spiro atoms. The van der Waals surface area contributed by atoms with Gasteiger partial charge in [0.1, 0.15) is 0 Å². The van der Waals surface area contributed by atoms with Crippen LogP contribution in [0.5, 0.6) is 0 Å². The molecule has 0 amide bonds. The topological polar surface area (TPSA) is 61.4 Å². The molecule has 0 aromatic carbocycles. The van der Waals surface area contributed by atoms with Crippen LogP contribution in [0.3, 0.4) is 0 Å². The van der Waals surface area contributed by atoms with E-state index >= 15 is 0 Å². The Balaban J connectivity index is 2.43. The van der Waals surface area contributed by atoms with Gasteiger partial charge in [-0.3, -0.25) is 0 Å². The second-order valence-corrected chi connectivity index (χ2v) is 5.31. The van der Waals surface area contributed by atoms with Crippen molar-refractivity contribution in [2.45, 2.75) is 25.8 Å². The summed E-state index contributed by atoms with van der Waals surface area (Å²) in [5.41, 5.74) is 0. The van der Waals surface area contributed by atoms with Crippen LogP contribution in [0.1, 0.15) is 19.8 Å². The van der Waals surface area contributed by atoms with Crippen molar-refractivity contribution >= 4 is 10.2 Å². The third-order valence-corrected chi connectivity index (χ3v) is 4.11. The molecular weight excluding hydrogens is 202 g/mol. The van der Waals surface area contributed by atoms with E-state index in [0.29, 0.717) is 19.1 Å². The number of hydrogen-bond acceptors (Lipinski definition) is 3. The van der Waals surface area contributed by atoms with Crippen LogP contribution >= 0.6 is 0 Å². The highest BCUT2D eigenvalue weighted by Gasteiger charge is 2.25. The maximum atomic E-state index is 11.4. The van der Waals surface area contributed by atoms with E-state index in [2.05, 4.69) is 17.0 Å². The van der Waals surface area contributed by atoms with Crippen LogP contribution in [-0.2, 0) is 10.2 Å². The summed E-state index contributed by atoms with van der Waals surface area (Å²) in [4.78, 5) is 0. The fraction of sp³-hybridized carbons (Fsp3) is 1.00. The number of rotatable bonds is 4. The van der Waals surface area contributed by atoms with Crippen LogP contribution in [0.4, 0.5) is 0 Å². The number of piperidine rings is 1. The van der Waals surface area contributed by atoms with E-state index in [9.17, 15) is 8.42 Å². The molecule has 0 bridgehead atoms. The first kappa shape index (κ1) is 11.9. The van der Waals surface area contributed by atoms with Crippen LogP contribution in [-0.4, -0.2) is 45.4 Å². The molecule has 1 fully saturated rings. The zero-order valence-corrected chi connectivity index (χ0v) is 9.60. The van der Waals surface area contributed by atoms with Gasteiger partial charge in [-0.25, -0.2) is 4.72 Å². The quantitative estimate of drug-likeness (QED) is 0.674. The van der Waals surface area contributed by atoms with Gasteiger partial charge < -0.3 is 5.32 Å². The lowest BCUT2D eigenvalue weighted by molar-refractivity contribution is 0.290. The minimum atomic E-state index is -3.20. The minimum absolute atomic E-state index is 0.475. The molecule has 1 aliphatic heterocycles. The first-order valence-electron chi connectivity index (χ1n) is 5.02. The number of nitrogens with zero attached hydrogens (tertiary/aromatic N) is 1. The molecule has 0 aliphatic carbocycles. The maximum absolute atomic E-state index is 11.4. The highest BCUT2D eigenvalue weighted by Crippen LogP contribution is 2.12. The highest BCUT2D eigenvalue weighted by molar-refractivity contribution is 7.87. The Morgan fingerprint density at radius 1 is 1.36 bits per heavy atom. The van der Waals surface area contributed by atoms with Crippen molar-refractivity contribution < 1.29 is 8.42 Å². The monoisotopic (exact) mass is 221 g/mol. The van der Waals surface area contributed by atoms with E-state index in [1.807, 2.05) is 0 Å². The molecule has 14 heavy (non-hydrogen) atoms. The van der Waals surface area contributed by atoms with Crippen LogP contribution < -0.4 is 10.0 Å². The van der Waals surface area contributed by atoms with Gasteiger partial charge in [-0.15, -0.1) is 0 Å². The average molecular weight is 221 g/mol. The van der Waals surface area contributed by atoms with Gasteiger partial charge in [-0.1, -0.05) is 6.92 Å². The standard InChI is InChI=1S/C8H19N3O2S/c1-3-10-8-4-6-11(7-5-8)14(12,13)9-2/h8-10H,3-7H2,1-2H3. The normalized spacial score (nSPS) is 21.3. The summed E-state index contributed by atoms with van der Waals surface area (Å²) < 4.78 is 26.7. The maximum Gasteiger partial charge on any atom is 0.279 e. The van der Waals surface area contributed by atoms with Crippen molar-refractivity contribution in [3.8, 4) is 0 Å². The third kappa shape index (κ3) is 2.91. The molecule has 0 aromatic rings. The minimum Gasteiger partial charge on any atom is -0.314 e. The van der Waals surface area contributed by atoms with Crippen LogP contribution in [0, 0.1) is 0 Å². The molecular formula is C8H19N3O2S. The summed E-state index contributed by atoms with van der Waals surface area (Å²) >= 11 is 0. The predicted octanol–water partition coefficient (Wildman–Crippen LogP) is -0.475. The number of nitrogens with one attached hydrogen (secondary N) is 2. The molecule has 1 aliphatic rings. The molecule has 84 valence electrons. The molecule has 1 rings (SSSR count). The van der Waals surface area contributed by atoms with Gasteiger partial charge in [0, 0.05) is 26.2 Å². The van der Waals surface area contributed by atoms with Crippen molar-refractivity contribution in [1.29, 1.82) is 0 Å². The Labute approximate surface area is 86.0 Å². The fourth-order valence-electron chi connectivity index (χ4n) is 1.72. The van der Waals surface area contributed by atoms with Crippen LogP contribution in [0.25, 0.3) is 0 Å². The largest absolute Gasteiger partial charge is 0.314 e. The van der Waals surface area contributed by atoms with Crippen molar-refractivity contribution in [1.82, 2.24) is 14.3 Å². The summed E-state index contributed by atoms with van der Waals surface area (Å²) in [6, 6.07) is 0.475.